The Morgan fingerprint density at radius 2 is 1.76 bits per heavy atom. The van der Waals surface area contributed by atoms with Crippen LogP contribution in [0, 0.1) is 11.8 Å². The molecule has 0 radical (unpaired) electrons. The molecule has 2 unspecified atom stereocenters. The fourth-order valence-electron chi connectivity index (χ4n) is 3.58. The summed E-state index contributed by atoms with van der Waals surface area (Å²) in [5.74, 6) is 1.14. The lowest BCUT2D eigenvalue weighted by Gasteiger charge is -2.40. The van der Waals surface area contributed by atoms with Gasteiger partial charge < -0.3 is 10.2 Å². The van der Waals surface area contributed by atoms with E-state index in [0.717, 1.165) is 25.7 Å². The first-order valence-corrected chi connectivity index (χ1v) is 8.59. The summed E-state index contributed by atoms with van der Waals surface area (Å²) in [5.41, 5.74) is 0. The third-order valence-electron chi connectivity index (χ3n) is 4.99. The second-order valence-electron chi connectivity index (χ2n) is 7.23. The average Bonchev–Trinajstić information content (AvgIpc) is 2.47. The van der Waals surface area contributed by atoms with E-state index in [0.29, 0.717) is 11.8 Å². The number of piperazine rings is 1. The summed E-state index contributed by atoms with van der Waals surface area (Å²) >= 11 is 0. The van der Waals surface area contributed by atoms with E-state index < -0.39 is 0 Å². The van der Waals surface area contributed by atoms with Crippen molar-refractivity contribution in [3.8, 4) is 0 Å². The van der Waals surface area contributed by atoms with Crippen LogP contribution in [0.25, 0.3) is 0 Å². The molecule has 0 aromatic carbocycles. The molecule has 1 saturated heterocycles. The largest absolute Gasteiger partial charge is 0.342 e. The first kappa shape index (κ1) is 16.3. The van der Waals surface area contributed by atoms with Crippen molar-refractivity contribution in [3.05, 3.63) is 0 Å². The van der Waals surface area contributed by atoms with Gasteiger partial charge in [-0.05, 0) is 44.4 Å². The van der Waals surface area contributed by atoms with Gasteiger partial charge in [-0.3, -0.25) is 9.59 Å². The number of carbonyl (C=O) groups is 2. The van der Waals surface area contributed by atoms with Gasteiger partial charge >= 0.3 is 0 Å². The van der Waals surface area contributed by atoms with Gasteiger partial charge in [0.2, 0.25) is 11.8 Å². The molecule has 2 atom stereocenters. The Labute approximate surface area is 128 Å². The van der Waals surface area contributed by atoms with Gasteiger partial charge in [-0.15, -0.1) is 0 Å². The number of hydrogen-bond acceptors (Lipinski definition) is 2. The third kappa shape index (κ3) is 4.21. The van der Waals surface area contributed by atoms with Crippen LogP contribution in [-0.2, 0) is 9.59 Å². The van der Waals surface area contributed by atoms with E-state index in [1.807, 2.05) is 4.90 Å². The number of nitrogens with zero attached hydrogens (tertiary/aromatic N) is 1. The minimum Gasteiger partial charge on any atom is -0.342 e. The fraction of sp³-hybridized carbons (Fsp3) is 0.882. The second-order valence-corrected chi connectivity index (χ2v) is 7.23. The molecule has 1 heterocycles. The highest BCUT2D eigenvalue weighted by Gasteiger charge is 2.39. The van der Waals surface area contributed by atoms with Gasteiger partial charge in [0.1, 0.15) is 6.04 Å². The summed E-state index contributed by atoms with van der Waals surface area (Å²) in [7, 11) is 0. The Hall–Kier alpha value is -1.06. The van der Waals surface area contributed by atoms with Gasteiger partial charge in [-0.25, -0.2) is 0 Å². The van der Waals surface area contributed by atoms with Gasteiger partial charge in [0.15, 0.2) is 0 Å². The highest BCUT2D eigenvalue weighted by Crippen LogP contribution is 2.29. The predicted octanol–water partition coefficient (Wildman–Crippen LogP) is 2.72. The maximum atomic E-state index is 12.8. The molecular weight excluding hydrogens is 264 g/mol. The molecule has 0 aromatic rings. The summed E-state index contributed by atoms with van der Waals surface area (Å²) in [6, 6.07) is -0.106. The number of carbonyl (C=O) groups excluding carboxylic acids is 2. The van der Waals surface area contributed by atoms with Crippen molar-refractivity contribution < 1.29 is 9.59 Å². The Bertz CT molecular complexity index is 375. The number of amides is 2. The SMILES string of the molecule is CC(C)CCC(C)N1CC(=O)NC(C2CCCCC2)C1=O. The van der Waals surface area contributed by atoms with Crippen LogP contribution in [0.2, 0.25) is 0 Å². The molecule has 120 valence electrons. The van der Waals surface area contributed by atoms with Crippen LogP contribution in [-0.4, -0.2) is 35.3 Å². The predicted molar refractivity (Wildman–Crippen MR) is 83.8 cm³/mol. The van der Waals surface area contributed by atoms with E-state index in [-0.39, 0.29) is 30.4 Å². The standard InChI is InChI=1S/C17H30N2O2/c1-12(2)9-10-13(3)19-11-15(20)18-16(17(19)21)14-7-5-4-6-8-14/h12-14,16H,4-11H2,1-3H3,(H,18,20). The van der Waals surface area contributed by atoms with Crippen LogP contribution in [0.1, 0.15) is 65.7 Å². The van der Waals surface area contributed by atoms with Crippen molar-refractivity contribution in [2.24, 2.45) is 11.8 Å². The summed E-state index contributed by atoms with van der Waals surface area (Å²) in [5, 5.41) is 2.96. The normalized spacial score (nSPS) is 26.1. The maximum Gasteiger partial charge on any atom is 0.246 e. The minimum absolute atomic E-state index is 0.0153. The lowest BCUT2D eigenvalue weighted by molar-refractivity contribution is -0.148. The average molecular weight is 294 g/mol. The van der Waals surface area contributed by atoms with Crippen molar-refractivity contribution in [2.75, 3.05) is 6.54 Å². The lowest BCUT2D eigenvalue weighted by atomic mass is 9.82. The topological polar surface area (TPSA) is 49.4 Å². The number of rotatable bonds is 5. The Kier molecular flexibility index (Phi) is 5.65. The minimum atomic E-state index is -0.270. The smallest absolute Gasteiger partial charge is 0.246 e. The van der Waals surface area contributed by atoms with Crippen LogP contribution in [0.15, 0.2) is 0 Å². The second kappa shape index (κ2) is 7.28. The molecule has 4 nitrogen and oxygen atoms in total. The quantitative estimate of drug-likeness (QED) is 0.847. The Morgan fingerprint density at radius 1 is 1.10 bits per heavy atom. The number of hydrogen-bond donors (Lipinski definition) is 1. The van der Waals surface area contributed by atoms with Gasteiger partial charge in [-0.1, -0.05) is 33.1 Å². The number of nitrogens with one attached hydrogen (secondary N) is 1. The van der Waals surface area contributed by atoms with Gasteiger partial charge in [-0.2, -0.15) is 0 Å². The van der Waals surface area contributed by atoms with Crippen molar-refractivity contribution in [1.29, 1.82) is 0 Å². The monoisotopic (exact) mass is 294 g/mol. The van der Waals surface area contributed by atoms with E-state index >= 15 is 0 Å². The molecule has 2 fully saturated rings. The van der Waals surface area contributed by atoms with Crippen molar-refractivity contribution >= 4 is 11.8 Å². The van der Waals surface area contributed by atoms with E-state index in [9.17, 15) is 9.59 Å². The van der Waals surface area contributed by atoms with Crippen molar-refractivity contribution in [3.63, 3.8) is 0 Å². The van der Waals surface area contributed by atoms with Crippen LogP contribution in [0.3, 0.4) is 0 Å². The summed E-state index contributed by atoms with van der Waals surface area (Å²) in [6.07, 6.45) is 7.87. The molecule has 1 saturated carbocycles. The lowest BCUT2D eigenvalue weighted by Crippen LogP contribution is -2.62. The molecule has 2 rings (SSSR count). The molecule has 1 aliphatic carbocycles. The van der Waals surface area contributed by atoms with Gasteiger partial charge in [0.05, 0.1) is 6.54 Å². The molecule has 1 aliphatic heterocycles. The zero-order valence-electron chi connectivity index (χ0n) is 13.7. The highest BCUT2D eigenvalue weighted by molar-refractivity contribution is 5.95. The van der Waals surface area contributed by atoms with Crippen LogP contribution < -0.4 is 5.32 Å². The van der Waals surface area contributed by atoms with Gasteiger partial charge in [0.25, 0.3) is 0 Å². The van der Waals surface area contributed by atoms with Crippen molar-refractivity contribution in [2.45, 2.75) is 77.8 Å². The maximum absolute atomic E-state index is 12.8. The summed E-state index contributed by atoms with van der Waals surface area (Å²) in [4.78, 5) is 26.6. The Morgan fingerprint density at radius 3 is 2.38 bits per heavy atom. The molecule has 0 bridgehead atoms. The molecular formula is C17H30N2O2. The molecule has 1 N–H and O–H groups in total. The molecule has 21 heavy (non-hydrogen) atoms. The van der Waals surface area contributed by atoms with Gasteiger partial charge in [0, 0.05) is 6.04 Å². The van der Waals surface area contributed by atoms with Crippen LogP contribution >= 0.6 is 0 Å². The summed E-state index contributed by atoms with van der Waals surface area (Å²) in [6.45, 7) is 6.71. The van der Waals surface area contributed by atoms with E-state index in [1.165, 1.54) is 19.3 Å². The van der Waals surface area contributed by atoms with Crippen LogP contribution in [0.5, 0.6) is 0 Å². The summed E-state index contributed by atoms with van der Waals surface area (Å²) < 4.78 is 0. The van der Waals surface area contributed by atoms with E-state index in [4.69, 9.17) is 0 Å². The zero-order chi connectivity index (χ0) is 15.4. The molecule has 4 heteroatoms. The fourth-order valence-corrected chi connectivity index (χ4v) is 3.58. The van der Waals surface area contributed by atoms with Crippen LogP contribution in [0.4, 0.5) is 0 Å². The zero-order valence-corrected chi connectivity index (χ0v) is 13.7. The first-order valence-electron chi connectivity index (χ1n) is 8.59. The van der Waals surface area contributed by atoms with E-state index in [1.54, 1.807) is 0 Å². The van der Waals surface area contributed by atoms with E-state index in [2.05, 4.69) is 26.1 Å². The Balaban J connectivity index is 2.00. The first-order chi connectivity index (χ1) is 9.99. The molecule has 0 aromatic heterocycles. The highest BCUT2D eigenvalue weighted by atomic mass is 16.2. The van der Waals surface area contributed by atoms with Crippen molar-refractivity contribution in [1.82, 2.24) is 10.2 Å². The molecule has 2 amide bonds. The molecule has 2 aliphatic rings. The molecule has 0 spiro atoms. The third-order valence-corrected chi connectivity index (χ3v) is 4.99.